The highest BCUT2D eigenvalue weighted by atomic mass is 35.5. The van der Waals surface area contributed by atoms with E-state index < -0.39 is 5.56 Å². The first-order valence-corrected chi connectivity index (χ1v) is 8.77. The molecule has 3 rings (SSSR count). The Kier molecular flexibility index (Phi) is 5.84. The van der Waals surface area contributed by atoms with E-state index in [0.29, 0.717) is 35.1 Å². The Bertz CT molecular complexity index is 763. The van der Waals surface area contributed by atoms with Crippen molar-refractivity contribution >= 4 is 29.0 Å². The summed E-state index contributed by atoms with van der Waals surface area (Å²) < 4.78 is 16.5. The van der Waals surface area contributed by atoms with Gasteiger partial charge in [0.25, 0.3) is 0 Å². The van der Waals surface area contributed by atoms with Crippen molar-refractivity contribution in [3.63, 3.8) is 0 Å². The zero-order valence-electron chi connectivity index (χ0n) is 13.7. The number of carbonyl (C=O) groups excluding carboxylic acids is 1. The van der Waals surface area contributed by atoms with Crippen molar-refractivity contribution in [3.05, 3.63) is 58.6 Å². The number of methoxy groups -OCH3 is 1. The smallest absolute Gasteiger partial charge is 0.167 e. The number of carbonyl (C=O) groups is 1. The molecule has 1 aliphatic rings. The van der Waals surface area contributed by atoms with Gasteiger partial charge >= 0.3 is 0 Å². The van der Waals surface area contributed by atoms with Crippen LogP contribution in [0.1, 0.15) is 22.3 Å². The fourth-order valence-corrected chi connectivity index (χ4v) is 3.14. The van der Waals surface area contributed by atoms with E-state index in [4.69, 9.17) is 37.4 Å². The Morgan fingerprint density at radius 3 is 2.72 bits per heavy atom. The highest BCUT2D eigenvalue weighted by molar-refractivity contribution is 6.31. The minimum Gasteiger partial charge on any atom is -0.493 e. The molecule has 1 heterocycles. The number of hydrogen-bond acceptors (Lipinski definition) is 4. The molecule has 0 spiro atoms. The van der Waals surface area contributed by atoms with Gasteiger partial charge in [0.15, 0.2) is 22.8 Å². The fraction of sp³-hybridized carbons (Fsp3) is 0.316. The Hall–Kier alpha value is -1.75. The van der Waals surface area contributed by atoms with Gasteiger partial charge in [-0.3, -0.25) is 4.79 Å². The Morgan fingerprint density at radius 2 is 2.04 bits per heavy atom. The van der Waals surface area contributed by atoms with Crippen molar-refractivity contribution in [2.24, 2.45) is 0 Å². The molecule has 25 heavy (non-hydrogen) atoms. The van der Waals surface area contributed by atoms with Crippen LogP contribution in [-0.2, 0) is 11.2 Å². The van der Waals surface area contributed by atoms with E-state index in [1.165, 1.54) is 0 Å². The predicted molar refractivity (Wildman–Crippen MR) is 97.1 cm³/mol. The third kappa shape index (κ3) is 4.27. The molecular weight excluding hydrogens is 363 g/mol. The van der Waals surface area contributed by atoms with Crippen LogP contribution < -0.4 is 9.47 Å². The molecule has 1 aliphatic heterocycles. The summed E-state index contributed by atoms with van der Waals surface area (Å²) in [5.41, 5.74) is 0.811. The van der Waals surface area contributed by atoms with E-state index in [-0.39, 0.29) is 18.3 Å². The van der Waals surface area contributed by atoms with Crippen LogP contribution in [0.4, 0.5) is 0 Å². The molecule has 0 bridgehead atoms. The Morgan fingerprint density at radius 1 is 1.24 bits per heavy atom. The van der Waals surface area contributed by atoms with Crippen molar-refractivity contribution < 1.29 is 19.0 Å². The van der Waals surface area contributed by atoms with E-state index in [1.807, 2.05) is 18.2 Å². The van der Waals surface area contributed by atoms with Gasteiger partial charge < -0.3 is 14.2 Å². The van der Waals surface area contributed by atoms with Gasteiger partial charge in [-0.15, -0.1) is 0 Å². The number of benzene rings is 2. The number of ketones is 1. The lowest BCUT2D eigenvalue weighted by molar-refractivity contribution is 0.0989. The first kappa shape index (κ1) is 18.1. The summed E-state index contributed by atoms with van der Waals surface area (Å²) in [5, 5.41) is 0.578. The standard InChI is InChI=1S/C19H18Cl2O4/c1-23-16-7-6-13(11-18(16)25-17-8-9-24-19(17)21)15(22)10-12-4-2-3-5-14(12)20/h2-7,11,17,19H,8-10H2,1H3. The number of halogens is 2. The summed E-state index contributed by atoms with van der Waals surface area (Å²) in [6, 6.07) is 12.4. The number of rotatable bonds is 6. The van der Waals surface area contributed by atoms with Gasteiger partial charge in [-0.05, 0) is 29.8 Å². The van der Waals surface area contributed by atoms with Gasteiger partial charge in [-0.2, -0.15) is 0 Å². The normalized spacial score (nSPS) is 19.6. The molecule has 0 saturated carbocycles. The highest BCUT2D eigenvalue weighted by Crippen LogP contribution is 2.32. The fourth-order valence-electron chi connectivity index (χ4n) is 2.67. The molecule has 0 amide bonds. The van der Waals surface area contributed by atoms with Crippen molar-refractivity contribution in [1.29, 1.82) is 0 Å². The lowest BCUT2D eigenvalue weighted by Gasteiger charge is -2.18. The SMILES string of the molecule is COc1ccc(C(=O)Cc2ccccc2Cl)cc1OC1CCOC1Cl. The van der Waals surface area contributed by atoms with Crippen LogP contribution >= 0.6 is 23.2 Å². The number of ether oxygens (including phenoxy) is 3. The van der Waals surface area contributed by atoms with E-state index in [9.17, 15) is 4.79 Å². The average Bonchev–Trinajstić information content (AvgIpc) is 3.01. The molecule has 0 aliphatic carbocycles. The second-order valence-electron chi connectivity index (χ2n) is 5.72. The van der Waals surface area contributed by atoms with Gasteiger partial charge in [-0.25, -0.2) is 0 Å². The molecule has 6 heteroatoms. The van der Waals surface area contributed by atoms with E-state index in [1.54, 1.807) is 31.4 Å². The summed E-state index contributed by atoms with van der Waals surface area (Å²) in [7, 11) is 1.55. The lowest BCUT2D eigenvalue weighted by Crippen LogP contribution is -2.22. The molecule has 0 N–H and O–H groups in total. The van der Waals surface area contributed by atoms with Crippen molar-refractivity contribution in [2.45, 2.75) is 24.5 Å². The average molecular weight is 381 g/mol. The highest BCUT2D eigenvalue weighted by Gasteiger charge is 2.29. The molecule has 2 unspecified atom stereocenters. The summed E-state index contributed by atoms with van der Waals surface area (Å²) >= 11 is 12.2. The second kappa shape index (κ2) is 8.09. The van der Waals surface area contributed by atoms with Gasteiger partial charge in [0, 0.05) is 23.4 Å². The molecule has 132 valence electrons. The van der Waals surface area contributed by atoms with Crippen LogP contribution in [0.5, 0.6) is 11.5 Å². The zero-order chi connectivity index (χ0) is 17.8. The largest absolute Gasteiger partial charge is 0.493 e. The summed E-state index contributed by atoms with van der Waals surface area (Å²) in [6.45, 7) is 0.548. The predicted octanol–water partition coefficient (Wildman–Crippen LogP) is 4.51. The maximum absolute atomic E-state index is 12.6. The van der Waals surface area contributed by atoms with E-state index in [0.717, 1.165) is 5.56 Å². The van der Waals surface area contributed by atoms with Gasteiger partial charge in [-0.1, -0.05) is 41.4 Å². The molecule has 2 atom stereocenters. The van der Waals surface area contributed by atoms with Crippen molar-refractivity contribution in [2.75, 3.05) is 13.7 Å². The molecule has 1 saturated heterocycles. The number of hydrogen-bond donors (Lipinski definition) is 0. The first-order chi connectivity index (χ1) is 12.1. The topological polar surface area (TPSA) is 44.8 Å². The van der Waals surface area contributed by atoms with E-state index >= 15 is 0 Å². The minimum absolute atomic E-state index is 0.0503. The van der Waals surface area contributed by atoms with Crippen LogP contribution in [0.3, 0.4) is 0 Å². The minimum atomic E-state index is -0.507. The maximum Gasteiger partial charge on any atom is 0.167 e. The third-order valence-corrected chi connectivity index (χ3v) is 4.82. The van der Waals surface area contributed by atoms with Crippen LogP contribution in [0.15, 0.2) is 42.5 Å². The summed E-state index contributed by atoms with van der Waals surface area (Å²) in [6.07, 6.45) is 0.634. The number of Topliss-reactive ketones (excluding diaryl/α,β-unsaturated/α-hetero) is 1. The Labute approximate surface area is 156 Å². The summed E-state index contributed by atoms with van der Waals surface area (Å²) in [4.78, 5) is 12.6. The maximum atomic E-state index is 12.6. The molecule has 4 nitrogen and oxygen atoms in total. The van der Waals surface area contributed by atoms with Gasteiger partial charge in [0.2, 0.25) is 0 Å². The zero-order valence-corrected chi connectivity index (χ0v) is 15.2. The Balaban J connectivity index is 1.80. The monoisotopic (exact) mass is 380 g/mol. The van der Waals surface area contributed by atoms with Gasteiger partial charge in [0.05, 0.1) is 13.7 Å². The van der Waals surface area contributed by atoms with Crippen LogP contribution in [0.2, 0.25) is 5.02 Å². The van der Waals surface area contributed by atoms with Crippen LogP contribution in [0.25, 0.3) is 0 Å². The molecule has 2 aromatic carbocycles. The first-order valence-electron chi connectivity index (χ1n) is 7.95. The van der Waals surface area contributed by atoms with E-state index in [2.05, 4.69) is 0 Å². The van der Waals surface area contributed by atoms with Crippen molar-refractivity contribution in [1.82, 2.24) is 0 Å². The van der Waals surface area contributed by atoms with Crippen molar-refractivity contribution in [3.8, 4) is 11.5 Å². The number of alkyl halides is 1. The van der Waals surface area contributed by atoms with Crippen LogP contribution in [-0.4, -0.2) is 31.2 Å². The third-order valence-electron chi connectivity index (χ3n) is 4.04. The van der Waals surface area contributed by atoms with Crippen LogP contribution in [0, 0.1) is 0 Å². The lowest BCUT2D eigenvalue weighted by atomic mass is 10.0. The quantitative estimate of drug-likeness (QED) is 0.546. The summed E-state index contributed by atoms with van der Waals surface area (Å²) in [5.74, 6) is 0.976. The molecular formula is C19H18Cl2O4. The molecule has 0 aromatic heterocycles. The van der Waals surface area contributed by atoms with Gasteiger partial charge in [0.1, 0.15) is 6.10 Å². The molecule has 1 fully saturated rings. The molecule has 2 aromatic rings. The second-order valence-corrected chi connectivity index (χ2v) is 6.56. The molecule has 0 radical (unpaired) electrons.